The summed E-state index contributed by atoms with van der Waals surface area (Å²) in [6.45, 7) is 2.37. The van der Waals surface area contributed by atoms with Crippen LogP contribution in [0.1, 0.15) is 37.9 Å². The highest BCUT2D eigenvalue weighted by molar-refractivity contribution is 5.28. The average Bonchev–Trinajstić information content (AvgIpc) is 2.29. The van der Waals surface area contributed by atoms with E-state index in [1.54, 1.807) is 6.92 Å². The van der Waals surface area contributed by atoms with Crippen LogP contribution in [-0.4, -0.2) is 11.7 Å². The summed E-state index contributed by atoms with van der Waals surface area (Å²) in [5.41, 5.74) is 0.886. The molecule has 1 aromatic rings. The molecule has 0 aliphatic heterocycles. The van der Waals surface area contributed by atoms with Crippen LogP contribution in [0.3, 0.4) is 0 Å². The van der Waals surface area contributed by atoms with Gasteiger partial charge in [0.1, 0.15) is 5.75 Å². The minimum Gasteiger partial charge on any atom is -0.494 e. The first kappa shape index (κ1) is 12.5. The zero-order valence-electron chi connectivity index (χ0n) is 9.52. The normalized spacial score (nSPS) is 11.8. The topological polar surface area (TPSA) is 53.2 Å². The smallest absolute Gasteiger partial charge is 0.119 e. The van der Waals surface area contributed by atoms with Crippen molar-refractivity contribution in [1.29, 1.82) is 5.26 Å². The second kappa shape index (κ2) is 6.86. The Labute approximate surface area is 96.3 Å². The van der Waals surface area contributed by atoms with E-state index >= 15 is 0 Å². The first-order valence-corrected chi connectivity index (χ1v) is 5.52. The third-order valence-corrected chi connectivity index (χ3v) is 2.31. The highest BCUT2D eigenvalue weighted by Gasteiger charge is 2.00. The van der Waals surface area contributed by atoms with E-state index in [0.29, 0.717) is 13.0 Å². The predicted octanol–water partition coefficient (Wildman–Crippen LogP) is 2.81. The molecule has 0 spiro atoms. The lowest BCUT2D eigenvalue weighted by atomic mass is 10.1. The van der Waals surface area contributed by atoms with Crippen molar-refractivity contribution in [2.24, 2.45) is 0 Å². The van der Waals surface area contributed by atoms with Crippen molar-refractivity contribution < 1.29 is 9.84 Å². The number of rotatable bonds is 6. The van der Waals surface area contributed by atoms with Gasteiger partial charge in [0.05, 0.1) is 18.8 Å². The van der Waals surface area contributed by atoms with Crippen LogP contribution in [0, 0.1) is 11.3 Å². The summed E-state index contributed by atoms with van der Waals surface area (Å²) in [4.78, 5) is 0. The van der Waals surface area contributed by atoms with E-state index < -0.39 is 6.10 Å². The van der Waals surface area contributed by atoms with Gasteiger partial charge < -0.3 is 9.84 Å². The largest absolute Gasteiger partial charge is 0.494 e. The van der Waals surface area contributed by atoms with E-state index in [0.717, 1.165) is 24.2 Å². The van der Waals surface area contributed by atoms with E-state index in [1.807, 2.05) is 24.3 Å². The van der Waals surface area contributed by atoms with Gasteiger partial charge in [-0.3, -0.25) is 0 Å². The number of ether oxygens (including phenoxy) is 1. The van der Waals surface area contributed by atoms with Crippen LogP contribution in [-0.2, 0) is 0 Å². The molecule has 0 heterocycles. The van der Waals surface area contributed by atoms with Gasteiger partial charge in [-0.15, -0.1) is 0 Å². The standard InChI is InChI=1S/C13H17NO2/c1-11(15)12-5-7-13(8-6-12)16-10-4-2-3-9-14/h5-8,11,15H,2-4,10H2,1H3. The van der Waals surface area contributed by atoms with Gasteiger partial charge in [0.25, 0.3) is 0 Å². The predicted molar refractivity (Wildman–Crippen MR) is 62.0 cm³/mol. The molecular weight excluding hydrogens is 202 g/mol. The molecule has 0 amide bonds. The van der Waals surface area contributed by atoms with E-state index in [9.17, 15) is 5.11 Å². The highest BCUT2D eigenvalue weighted by atomic mass is 16.5. The highest BCUT2D eigenvalue weighted by Crippen LogP contribution is 2.17. The molecule has 0 saturated carbocycles. The van der Waals surface area contributed by atoms with Gasteiger partial charge in [0, 0.05) is 6.42 Å². The number of aliphatic hydroxyl groups is 1. The Morgan fingerprint density at radius 3 is 2.56 bits per heavy atom. The first-order valence-electron chi connectivity index (χ1n) is 5.52. The number of benzene rings is 1. The van der Waals surface area contributed by atoms with Crippen LogP contribution < -0.4 is 4.74 Å². The lowest BCUT2D eigenvalue weighted by Gasteiger charge is -2.08. The number of nitriles is 1. The number of aliphatic hydroxyl groups excluding tert-OH is 1. The number of hydrogen-bond donors (Lipinski definition) is 1. The molecule has 1 N–H and O–H groups in total. The van der Waals surface area contributed by atoms with Crippen molar-refractivity contribution >= 4 is 0 Å². The molecule has 0 aliphatic carbocycles. The third-order valence-electron chi connectivity index (χ3n) is 2.31. The van der Waals surface area contributed by atoms with E-state index in [-0.39, 0.29) is 0 Å². The molecule has 0 bridgehead atoms. The van der Waals surface area contributed by atoms with Crippen molar-refractivity contribution in [1.82, 2.24) is 0 Å². The van der Waals surface area contributed by atoms with E-state index in [4.69, 9.17) is 10.00 Å². The second-order valence-corrected chi connectivity index (χ2v) is 3.71. The lowest BCUT2D eigenvalue weighted by molar-refractivity contribution is 0.199. The average molecular weight is 219 g/mol. The van der Waals surface area contributed by atoms with Crippen LogP contribution in [0.4, 0.5) is 0 Å². The van der Waals surface area contributed by atoms with Crippen LogP contribution in [0.5, 0.6) is 5.75 Å². The van der Waals surface area contributed by atoms with Gasteiger partial charge in [-0.1, -0.05) is 12.1 Å². The molecule has 1 rings (SSSR count). The van der Waals surface area contributed by atoms with E-state index in [2.05, 4.69) is 6.07 Å². The summed E-state index contributed by atoms with van der Waals surface area (Å²) in [7, 11) is 0. The summed E-state index contributed by atoms with van der Waals surface area (Å²) >= 11 is 0. The quantitative estimate of drug-likeness (QED) is 0.748. The van der Waals surface area contributed by atoms with Gasteiger partial charge in [-0.25, -0.2) is 0 Å². The number of nitrogens with zero attached hydrogens (tertiary/aromatic N) is 1. The van der Waals surface area contributed by atoms with Gasteiger partial charge in [0.15, 0.2) is 0 Å². The molecule has 0 aromatic heterocycles. The fourth-order valence-electron chi connectivity index (χ4n) is 1.34. The Morgan fingerprint density at radius 2 is 2.00 bits per heavy atom. The summed E-state index contributed by atoms with van der Waals surface area (Å²) < 4.78 is 5.50. The maximum Gasteiger partial charge on any atom is 0.119 e. The maximum absolute atomic E-state index is 9.32. The first-order chi connectivity index (χ1) is 7.74. The molecule has 0 saturated heterocycles. The Morgan fingerprint density at radius 1 is 1.31 bits per heavy atom. The summed E-state index contributed by atoms with van der Waals surface area (Å²) in [5.74, 6) is 0.807. The Balaban J connectivity index is 2.30. The number of unbranched alkanes of at least 4 members (excludes halogenated alkanes) is 2. The van der Waals surface area contributed by atoms with E-state index in [1.165, 1.54) is 0 Å². The van der Waals surface area contributed by atoms with Gasteiger partial charge in [-0.2, -0.15) is 5.26 Å². The fraction of sp³-hybridized carbons (Fsp3) is 0.462. The Kier molecular flexibility index (Phi) is 5.38. The zero-order chi connectivity index (χ0) is 11.8. The molecule has 0 radical (unpaired) electrons. The molecule has 86 valence electrons. The monoisotopic (exact) mass is 219 g/mol. The van der Waals surface area contributed by atoms with Crippen molar-refractivity contribution in [3.63, 3.8) is 0 Å². The second-order valence-electron chi connectivity index (χ2n) is 3.71. The minimum absolute atomic E-state index is 0.440. The van der Waals surface area contributed by atoms with Gasteiger partial charge >= 0.3 is 0 Å². The third kappa shape index (κ3) is 4.33. The summed E-state index contributed by atoms with van der Waals surface area (Å²) in [6.07, 6.45) is 1.92. The fourth-order valence-corrected chi connectivity index (χ4v) is 1.34. The zero-order valence-corrected chi connectivity index (χ0v) is 9.52. The van der Waals surface area contributed by atoms with Crippen LogP contribution >= 0.6 is 0 Å². The van der Waals surface area contributed by atoms with Crippen molar-refractivity contribution in [3.8, 4) is 11.8 Å². The SMILES string of the molecule is CC(O)c1ccc(OCCCCC#N)cc1. The van der Waals surface area contributed by atoms with Crippen molar-refractivity contribution in [3.05, 3.63) is 29.8 Å². The van der Waals surface area contributed by atoms with Crippen LogP contribution in [0.25, 0.3) is 0 Å². The van der Waals surface area contributed by atoms with Crippen LogP contribution in [0.15, 0.2) is 24.3 Å². The lowest BCUT2D eigenvalue weighted by Crippen LogP contribution is -1.97. The molecular formula is C13H17NO2. The molecule has 1 aromatic carbocycles. The van der Waals surface area contributed by atoms with Crippen molar-refractivity contribution in [2.75, 3.05) is 6.61 Å². The minimum atomic E-state index is -0.440. The Hall–Kier alpha value is -1.53. The van der Waals surface area contributed by atoms with Crippen LogP contribution in [0.2, 0.25) is 0 Å². The van der Waals surface area contributed by atoms with Gasteiger partial charge in [-0.05, 0) is 37.5 Å². The van der Waals surface area contributed by atoms with Gasteiger partial charge in [0.2, 0.25) is 0 Å². The maximum atomic E-state index is 9.32. The molecule has 1 atom stereocenters. The molecule has 1 unspecified atom stereocenters. The summed E-state index contributed by atoms with van der Waals surface area (Å²) in [6, 6.07) is 9.52. The molecule has 3 nitrogen and oxygen atoms in total. The molecule has 0 aliphatic rings. The molecule has 3 heteroatoms. The molecule has 16 heavy (non-hydrogen) atoms. The van der Waals surface area contributed by atoms with Crippen molar-refractivity contribution in [2.45, 2.75) is 32.3 Å². The number of hydrogen-bond acceptors (Lipinski definition) is 3. The summed E-state index contributed by atoms with van der Waals surface area (Å²) in [5, 5.41) is 17.7. The molecule has 0 fully saturated rings. The Bertz CT molecular complexity index is 338.